The highest BCUT2D eigenvalue weighted by atomic mass is 16.6. The molecular formula is C26H27N5O6. The number of carbonyl (C=O) groups is 1. The lowest BCUT2D eigenvalue weighted by atomic mass is 9.93. The number of epoxide rings is 1. The van der Waals surface area contributed by atoms with Gasteiger partial charge in [-0.1, -0.05) is 32.0 Å². The van der Waals surface area contributed by atoms with Crippen LogP contribution in [0, 0.1) is 0 Å². The van der Waals surface area contributed by atoms with Gasteiger partial charge in [0.05, 0.1) is 24.6 Å². The first-order chi connectivity index (χ1) is 17.8. The molecule has 0 saturated carbocycles. The van der Waals surface area contributed by atoms with Gasteiger partial charge < -0.3 is 28.8 Å². The number of amides is 2. The van der Waals surface area contributed by atoms with Crippen molar-refractivity contribution in [3.63, 3.8) is 0 Å². The Hall–Kier alpha value is -4.38. The third-order valence-corrected chi connectivity index (χ3v) is 5.51. The van der Waals surface area contributed by atoms with Crippen LogP contribution in [0.5, 0.6) is 23.1 Å². The van der Waals surface area contributed by atoms with E-state index in [0.29, 0.717) is 64.5 Å². The Bertz CT molecular complexity index is 1430. The number of benzene rings is 2. The van der Waals surface area contributed by atoms with E-state index in [4.69, 9.17) is 23.5 Å². The second-order valence-corrected chi connectivity index (χ2v) is 9.50. The molecule has 4 aromatic rings. The van der Waals surface area contributed by atoms with E-state index in [1.54, 1.807) is 49.6 Å². The van der Waals surface area contributed by atoms with E-state index in [9.17, 15) is 4.79 Å². The van der Waals surface area contributed by atoms with Crippen molar-refractivity contribution in [3.05, 3.63) is 54.6 Å². The standard InChI is InChI=1S/C26H27N5O6/c1-26(2,3)22-11-23(31-37-22)30-25(32)29-15-6-5-7-16(8-15)36-24-18-9-21(35-13-17-12-34-17)20(33-4)10-19(18)27-14-28-24/h5-11,14,17H,12-13H2,1-4H3,(H2,29,30,31,32). The van der Waals surface area contributed by atoms with Crippen LogP contribution in [0.1, 0.15) is 26.5 Å². The number of carbonyl (C=O) groups excluding carboxylic acids is 1. The highest BCUT2D eigenvalue weighted by Crippen LogP contribution is 2.36. The Kier molecular flexibility index (Phi) is 6.53. The normalized spacial score (nSPS) is 14.8. The number of hydrogen-bond donors (Lipinski definition) is 2. The van der Waals surface area contributed by atoms with Crippen molar-refractivity contribution in [2.75, 3.05) is 31.0 Å². The Morgan fingerprint density at radius 2 is 1.95 bits per heavy atom. The number of nitrogens with zero attached hydrogens (tertiary/aromatic N) is 3. The first kappa shape index (κ1) is 24.3. The maximum Gasteiger partial charge on any atom is 0.324 e. The van der Waals surface area contributed by atoms with Gasteiger partial charge in [0.2, 0.25) is 5.88 Å². The maximum atomic E-state index is 12.5. The minimum Gasteiger partial charge on any atom is -0.493 e. The first-order valence-corrected chi connectivity index (χ1v) is 11.7. The van der Waals surface area contributed by atoms with Crippen LogP contribution in [0.4, 0.5) is 16.3 Å². The quantitative estimate of drug-likeness (QED) is 0.312. The molecule has 1 unspecified atom stereocenters. The fourth-order valence-electron chi connectivity index (χ4n) is 3.46. The molecule has 11 heteroatoms. The minimum atomic E-state index is -0.466. The smallest absolute Gasteiger partial charge is 0.324 e. The number of aromatic nitrogens is 3. The Morgan fingerprint density at radius 1 is 1.11 bits per heavy atom. The van der Waals surface area contributed by atoms with Gasteiger partial charge in [-0.05, 0) is 18.2 Å². The molecule has 5 rings (SSSR count). The van der Waals surface area contributed by atoms with Gasteiger partial charge in [-0.3, -0.25) is 5.32 Å². The molecule has 2 N–H and O–H groups in total. The van der Waals surface area contributed by atoms with Gasteiger partial charge in [0.1, 0.15) is 30.5 Å². The number of fused-ring (bicyclic) bond motifs is 1. The fraction of sp³-hybridized carbons (Fsp3) is 0.308. The predicted octanol–water partition coefficient (Wildman–Crippen LogP) is 5.14. The van der Waals surface area contributed by atoms with E-state index < -0.39 is 6.03 Å². The molecule has 11 nitrogen and oxygen atoms in total. The zero-order valence-electron chi connectivity index (χ0n) is 20.9. The van der Waals surface area contributed by atoms with Crippen LogP contribution in [-0.2, 0) is 10.2 Å². The summed E-state index contributed by atoms with van der Waals surface area (Å²) < 4.78 is 27.9. The fourth-order valence-corrected chi connectivity index (χ4v) is 3.46. The Labute approximate surface area is 213 Å². The van der Waals surface area contributed by atoms with E-state index in [2.05, 4.69) is 25.8 Å². The molecule has 2 amide bonds. The van der Waals surface area contributed by atoms with E-state index in [0.717, 1.165) is 0 Å². The van der Waals surface area contributed by atoms with Crippen molar-refractivity contribution >= 4 is 28.4 Å². The van der Waals surface area contributed by atoms with Crippen LogP contribution in [-0.4, -0.2) is 47.6 Å². The van der Waals surface area contributed by atoms with Gasteiger partial charge in [0.15, 0.2) is 17.3 Å². The lowest BCUT2D eigenvalue weighted by Crippen LogP contribution is -2.19. The highest BCUT2D eigenvalue weighted by molar-refractivity contribution is 5.99. The highest BCUT2D eigenvalue weighted by Gasteiger charge is 2.24. The summed E-state index contributed by atoms with van der Waals surface area (Å²) in [6.07, 6.45) is 1.51. The summed E-state index contributed by atoms with van der Waals surface area (Å²) >= 11 is 0. The molecule has 1 aliphatic rings. The molecule has 0 spiro atoms. The van der Waals surface area contributed by atoms with Crippen LogP contribution in [0.25, 0.3) is 10.9 Å². The molecule has 192 valence electrons. The van der Waals surface area contributed by atoms with Crippen molar-refractivity contribution in [1.82, 2.24) is 15.1 Å². The van der Waals surface area contributed by atoms with E-state index in [-0.39, 0.29) is 11.5 Å². The maximum absolute atomic E-state index is 12.5. The Balaban J connectivity index is 1.31. The lowest BCUT2D eigenvalue weighted by Gasteiger charge is -2.13. The molecule has 3 heterocycles. The molecule has 0 bridgehead atoms. The predicted molar refractivity (Wildman–Crippen MR) is 136 cm³/mol. The van der Waals surface area contributed by atoms with Gasteiger partial charge in [-0.25, -0.2) is 14.8 Å². The van der Waals surface area contributed by atoms with Gasteiger partial charge in [0.25, 0.3) is 0 Å². The zero-order valence-corrected chi connectivity index (χ0v) is 20.9. The van der Waals surface area contributed by atoms with Crippen LogP contribution >= 0.6 is 0 Å². The van der Waals surface area contributed by atoms with Gasteiger partial charge in [-0.15, -0.1) is 0 Å². The van der Waals surface area contributed by atoms with Crippen molar-refractivity contribution in [3.8, 4) is 23.1 Å². The number of hydrogen-bond acceptors (Lipinski definition) is 9. The minimum absolute atomic E-state index is 0.0976. The zero-order chi connectivity index (χ0) is 26.0. The van der Waals surface area contributed by atoms with Crippen LogP contribution < -0.4 is 24.8 Å². The summed E-state index contributed by atoms with van der Waals surface area (Å²) in [7, 11) is 1.57. The molecule has 0 radical (unpaired) electrons. The largest absolute Gasteiger partial charge is 0.493 e. The molecular weight excluding hydrogens is 478 g/mol. The van der Waals surface area contributed by atoms with E-state index in [1.165, 1.54) is 6.33 Å². The third kappa shape index (κ3) is 5.89. The topological polar surface area (TPSA) is 133 Å². The number of rotatable bonds is 8. The monoisotopic (exact) mass is 505 g/mol. The molecule has 2 aromatic carbocycles. The molecule has 1 atom stereocenters. The summed E-state index contributed by atoms with van der Waals surface area (Å²) in [4.78, 5) is 21.1. The second kappa shape index (κ2) is 9.94. The lowest BCUT2D eigenvalue weighted by molar-refractivity contribution is 0.252. The van der Waals surface area contributed by atoms with Gasteiger partial charge >= 0.3 is 6.03 Å². The summed E-state index contributed by atoms with van der Waals surface area (Å²) in [6, 6.07) is 11.7. The summed E-state index contributed by atoms with van der Waals surface area (Å²) in [5.74, 6) is 2.89. The molecule has 2 aromatic heterocycles. The second-order valence-electron chi connectivity index (χ2n) is 9.50. The number of nitrogens with one attached hydrogen (secondary N) is 2. The van der Waals surface area contributed by atoms with Gasteiger partial charge in [-0.2, -0.15) is 0 Å². The third-order valence-electron chi connectivity index (χ3n) is 5.51. The van der Waals surface area contributed by atoms with Crippen LogP contribution in [0.15, 0.2) is 53.3 Å². The SMILES string of the molecule is COc1cc2ncnc(Oc3cccc(NC(=O)Nc4cc(C(C)(C)C)on4)c3)c2cc1OCC1CO1. The van der Waals surface area contributed by atoms with Crippen LogP contribution in [0.3, 0.4) is 0 Å². The number of anilines is 2. The van der Waals surface area contributed by atoms with Crippen molar-refractivity contribution in [1.29, 1.82) is 0 Å². The average Bonchev–Trinajstić information content (AvgIpc) is 3.57. The van der Waals surface area contributed by atoms with E-state index in [1.807, 2.05) is 20.8 Å². The van der Waals surface area contributed by atoms with Gasteiger partial charge in [0, 0.05) is 29.3 Å². The number of urea groups is 1. The van der Waals surface area contributed by atoms with Crippen molar-refractivity contribution in [2.24, 2.45) is 0 Å². The molecule has 0 aliphatic carbocycles. The number of methoxy groups -OCH3 is 1. The molecule has 37 heavy (non-hydrogen) atoms. The summed E-state index contributed by atoms with van der Waals surface area (Å²) in [5, 5.41) is 9.98. The van der Waals surface area contributed by atoms with Crippen molar-refractivity contribution in [2.45, 2.75) is 32.3 Å². The Morgan fingerprint density at radius 3 is 2.68 bits per heavy atom. The average molecular weight is 506 g/mol. The number of ether oxygens (including phenoxy) is 4. The summed E-state index contributed by atoms with van der Waals surface area (Å²) in [5.41, 5.74) is 0.931. The first-order valence-electron chi connectivity index (χ1n) is 11.7. The van der Waals surface area contributed by atoms with E-state index >= 15 is 0 Å². The molecule has 1 saturated heterocycles. The summed E-state index contributed by atoms with van der Waals surface area (Å²) in [6.45, 7) is 7.10. The van der Waals surface area contributed by atoms with Crippen LogP contribution in [0.2, 0.25) is 0 Å². The van der Waals surface area contributed by atoms with Crippen molar-refractivity contribution < 1.29 is 28.3 Å². The molecule has 1 aliphatic heterocycles. The molecule has 1 fully saturated rings.